The SMILES string of the molecule is O=C1CNCc2onc(C3CCCC3)c21. The number of fused-ring (bicyclic) bond motifs is 1. The maximum Gasteiger partial charge on any atom is 0.182 e. The standard InChI is InChI=1S/C11H14N2O2/c14-8-5-12-6-9-10(8)11(13-15-9)7-3-1-2-4-7/h7,12H,1-6H2. The second-order valence-corrected chi connectivity index (χ2v) is 4.37. The number of carbonyl (C=O) groups excluding carboxylic acids is 1. The fraction of sp³-hybridized carbons (Fsp3) is 0.636. The molecule has 2 aliphatic rings. The fourth-order valence-corrected chi connectivity index (χ4v) is 2.61. The first-order valence-corrected chi connectivity index (χ1v) is 5.58. The molecule has 1 aromatic heterocycles. The number of carbonyl (C=O) groups is 1. The Morgan fingerprint density at radius 2 is 2.07 bits per heavy atom. The lowest BCUT2D eigenvalue weighted by atomic mass is 9.95. The second kappa shape index (κ2) is 3.45. The van der Waals surface area contributed by atoms with E-state index < -0.39 is 0 Å². The zero-order chi connectivity index (χ0) is 10.3. The second-order valence-electron chi connectivity index (χ2n) is 4.37. The summed E-state index contributed by atoms with van der Waals surface area (Å²) in [6, 6.07) is 0. The monoisotopic (exact) mass is 206 g/mol. The van der Waals surface area contributed by atoms with E-state index in [9.17, 15) is 4.79 Å². The molecule has 1 N–H and O–H groups in total. The van der Waals surface area contributed by atoms with Gasteiger partial charge < -0.3 is 9.84 Å². The van der Waals surface area contributed by atoms with Gasteiger partial charge in [0.25, 0.3) is 0 Å². The van der Waals surface area contributed by atoms with Gasteiger partial charge in [-0.2, -0.15) is 0 Å². The molecular formula is C11H14N2O2. The minimum Gasteiger partial charge on any atom is -0.359 e. The summed E-state index contributed by atoms with van der Waals surface area (Å²) in [5, 5.41) is 7.11. The number of nitrogens with one attached hydrogen (secondary N) is 1. The molecule has 1 aliphatic heterocycles. The van der Waals surface area contributed by atoms with Gasteiger partial charge >= 0.3 is 0 Å². The average Bonchev–Trinajstić information content (AvgIpc) is 2.85. The highest BCUT2D eigenvalue weighted by Gasteiger charge is 2.31. The molecule has 2 heterocycles. The van der Waals surface area contributed by atoms with E-state index in [4.69, 9.17) is 4.52 Å². The number of ketones is 1. The number of nitrogens with zero attached hydrogens (tertiary/aromatic N) is 1. The molecule has 80 valence electrons. The normalized spacial score (nSPS) is 22.0. The third-order valence-corrected chi connectivity index (χ3v) is 3.38. The molecule has 1 fully saturated rings. The Hall–Kier alpha value is -1.16. The predicted octanol–water partition coefficient (Wildman–Crippen LogP) is 1.62. The van der Waals surface area contributed by atoms with Crippen LogP contribution in [0, 0.1) is 0 Å². The van der Waals surface area contributed by atoms with Gasteiger partial charge in [0, 0.05) is 5.92 Å². The first-order valence-electron chi connectivity index (χ1n) is 5.58. The van der Waals surface area contributed by atoms with Crippen molar-refractivity contribution in [3.8, 4) is 0 Å². The third kappa shape index (κ3) is 1.40. The summed E-state index contributed by atoms with van der Waals surface area (Å²) in [5.74, 6) is 1.33. The highest BCUT2D eigenvalue weighted by molar-refractivity contribution is 6.00. The Morgan fingerprint density at radius 3 is 2.87 bits per heavy atom. The van der Waals surface area contributed by atoms with Crippen molar-refractivity contribution in [2.75, 3.05) is 6.54 Å². The number of rotatable bonds is 1. The lowest BCUT2D eigenvalue weighted by Gasteiger charge is -2.12. The van der Waals surface area contributed by atoms with Gasteiger partial charge in [0.15, 0.2) is 11.5 Å². The Kier molecular flexibility index (Phi) is 2.09. The number of aromatic nitrogens is 1. The van der Waals surface area contributed by atoms with Crippen molar-refractivity contribution >= 4 is 5.78 Å². The molecule has 0 spiro atoms. The van der Waals surface area contributed by atoms with Gasteiger partial charge in [0.1, 0.15) is 0 Å². The summed E-state index contributed by atoms with van der Waals surface area (Å²) in [4.78, 5) is 11.8. The van der Waals surface area contributed by atoms with Crippen LogP contribution < -0.4 is 5.32 Å². The van der Waals surface area contributed by atoms with Gasteiger partial charge in [-0.15, -0.1) is 0 Å². The van der Waals surface area contributed by atoms with Crippen molar-refractivity contribution in [2.45, 2.75) is 38.1 Å². The highest BCUT2D eigenvalue weighted by Crippen LogP contribution is 2.36. The smallest absolute Gasteiger partial charge is 0.182 e. The maximum atomic E-state index is 11.8. The zero-order valence-electron chi connectivity index (χ0n) is 8.58. The van der Waals surface area contributed by atoms with Crippen LogP contribution in [0.3, 0.4) is 0 Å². The van der Waals surface area contributed by atoms with Crippen molar-refractivity contribution < 1.29 is 9.32 Å². The molecule has 3 rings (SSSR count). The maximum absolute atomic E-state index is 11.8. The van der Waals surface area contributed by atoms with Crippen LogP contribution in [0.15, 0.2) is 4.52 Å². The van der Waals surface area contributed by atoms with Gasteiger partial charge in [-0.1, -0.05) is 18.0 Å². The van der Waals surface area contributed by atoms with E-state index in [0.717, 1.165) is 29.9 Å². The Morgan fingerprint density at radius 1 is 1.27 bits per heavy atom. The largest absolute Gasteiger partial charge is 0.359 e. The first-order chi connectivity index (χ1) is 7.36. The van der Waals surface area contributed by atoms with E-state index in [0.29, 0.717) is 19.0 Å². The summed E-state index contributed by atoms with van der Waals surface area (Å²) >= 11 is 0. The van der Waals surface area contributed by atoms with E-state index in [-0.39, 0.29) is 5.78 Å². The van der Waals surface area contributed by atoms with Crippen LogP contribution in [0.4, 0.5) is 0 Å². The lowest BCUT2D eigenvalue weighted by molar-refractivity contribution is 0.0977. The van der Waals surface area contributed by atoms with Crippen molar-refractivity contribution in [2.24, 2.45) is 0 Å². The van der Waals surface area contributed by atoms with Gasteiger partial charge in [-0.05, 0) is 12.8 Å². The lowest BCUT2D eigenvalue weighted by Crippen LogP contribution is -2.29. The van der Waals surface area contributed by atoms with E-state index in [1.807, 2.05) is 0 Å². The Labute approximate surface area is 88.0 Å². The van der Waals surface area contributed by atoms with E-state index in [1.165, 1.54) is 12.8 Å². The van der Waals surface area contributed by atoms with E-state index in [2.05, 4.69) is 10.5 Å². The van der Waals surface area contributed by atoms with Crippen molar-refractivity contribution in [3.05, 3.63) is 17.0 Å². The zero-order valence-corrected chi connectivity index (χ0v) is 8.58. The molecule has 0 amide bonds. The predicted molar refractivity (Wildman–Crippen MR) is 53.7 cm³/mol. The van der Waals surface area contributed by atoms with Crippen LogP contribution in [0.1, 0.15) is 53.4 Å². The molecule has 1 aliphatic carbocycles. The highest BCUT2D eigenvalue weighted by atomic mass is 16.5. The molecule has 1 aromatic rings. The molecule has 4 heteroatoms. The molecule has 1 saturated carbocycles. The third-order valence-electron chi connectivity index (χ3n) is 3.38. The van der Waals surface area contributed by atoms with Gasteiger partial charge in [0.2, 0.25) is 0 Å². The summed E-state index contributed by atoms with van der Waals surface area (Å²) in [6.45, 7) is 1.06. The molecular weight excluding hydrogens is 192 g/mol. The van der Waals surface area contributed by atoms with Crippen LogP contribution in [-0.4, -0.2) is 17.5 Å². The molecule has 15 heavy (non-hydrogen) atoms. The molecule has 0 bridgehead atoms. The molecule has 0 radical (unpaired) electrons. The summed E-state index contributed by atoms with van der Waals surface area (Å²) in [5.41, 5.74) is 1.70. The number of hydrogen-bond acceptors (Lipinski definition) is 4. The van der Waals surface area contributed by atoms with Gasteiger partial charge in [-0.25, -0.2) is 0 Å². The summed E-state index contributed by atoms with van der Waals surface area (Å²) in [7, 11) is 0. The van der Waals surface area contributed by atoms with Crippen LogP contribution in [0.5, 0.6) is 0 Å². The molecule has 0 atom stereocenters. The topological polar surface area (TPSA) is 55.1 Å². The quantitative estimate of drug-likeness (QED) is 0.758. The summed E-state index contributed by atoms with van der Waals surface area (Å²) < 4.78 is 5.24. The molecule has 4 nitrogen and oxygen atoms in total. The number of hydrogen-bond donors (Lipinski definition) is 1. The Balaban J connectivity index is 2.01. The van der Waals surface area contributed by atoms with Crippen LogP contribution in [0.25, 0.3) is 0 Å². The summed E-state index contributed by atoms with van der Waals surface area (Å²) in [6.07, 6.45) is 4.80. The minimum absolute atomic E-state index is 0.138. The van der Waals surface area contributed by atoms with Crippen molar-refractivity contribution in [3.63, 3.8) is 0 Å². The average molecular weight is 206 g/mol. The van der Waals surface area contributed by atoms with Crippen molar-refractivity contribution in [1.82, 2.24) is 10.5 Å². The van der Waals surface area contributed by atoms with E-state index >= 15 is 0 Å². The van der Waals surface area contributed by atoms with Crippen LogP contribution >= 0.6 is 0 Å². The minimum atomic E-state index is 0.138. The Bertz CT molecular complexity index is 391. The number of Topliss-reactive ketones (excluding diaryl/α,β-unsaturated/α-hetero) is 1. The fourth-order valence-electron chi connectivity index (χ4n) is 2.61. The van der Waals surface area contributed by atoms with Crippen LogP contribution in [0.2, 0.25) is 0 Å². The first kappa shape index (κ1) is 9.09. The van der Waals surface area contributed by atoms with Gasteiger partial charge in [-0.3, -0.25) is 4.79 Å². The van der Waals surface area contributed by atoms with Crippen LogP contribution in [-0.2, 0) is 6.54 Å². The van der Waals surface area contributed by atoms with Gasteiger partial charge in [0.05, 0.1) is 24.3 Å². The molecule has 0 unspecified atom stereocenters. The van der Waals surface area contributed by atoms with E-state index in [1.54, 1.807) is 0 Å². The molecule has 0 aromatic carbocycles. The van der Waals surface area contributed by atoms with Crippen molar-refractivity contribution in [1.29, 1.82) is 0 Å². The molecule has 0 saturated heterocycles.